The number of hydrogen-bond donors (Lipinski definition) is 1. The summed E-state index contributed by atoms with van der Waals surface area (Å²) in [5.41, 5.74) is 1.28. The number of amides is 1. The highest BCUT2D eigenvalue weighted by molar-refractivity contribution is 9.10. The molecule has 2 aromatic rings. The molecule has 4 nitrogen and oxygen atoms in total. The van der Waals surface area contributed by atoms with Crippen LogP contribution in [0.25, 0.3) is 0 Å². The number of carbonyl (C=O) groups excluding carboxylic acids is 1. The Bertz CT molecular complexity index is 612. The second-order valence-corrected chi connectivity index (χ2v) is 5.99. The topological polar surface area (TPSA) is 51.2 Å². The molecule has 1 aromatic heterocycles. The van der Waals surface area contributed by atoms with Crippen molar-refractivity contribution in [2.24, 2.45) is 0 Å². The molecule has 1 heterocycles. The van der Waals surface area contributed by atoms with Gasteiger partial charge < -0.3 is 10.1 Å². The smallest absolute Gasteiger partial charge is 0.263 e. The monoisotopic (exact) mass is 362 g/mol. The maximum absolute atomic E-state index is 11.8. The molecule has 116 valence electrons. The van der Waals surface area contributed by atoms with Gasteiger partial charge in [-0.3, -0.25) is 4.79 Å². The first-order valence-corrected chi connectivity index (χ1v) is 8.02. The Morgan fingerprint density at radius 2 is 2.00 bits per heavy atom. The Labute approximate surface area is 139 Å². The van der Waals surface area contributed by atoms with Crippen LogP contribution in [0.2, 0.25) is 0 Å². The second-order valence-electron chi connectivity index (χ2n) is 5.08. The fourth-order valence-electron chi connectivity index (χ4n) is 1.91. The molecule has 1 atom stereocenters. The van der Waals surface area contributed by atoms with E-state index in [-0.39, 0.29) is 12.5 Å². The fraction of sp³-hybridized carbons (Fsp3) is 0.294. The fourth-order valence-corrected chi connectivity index (χ4v) is 2.14. The number of nitrogens with zero attached hydrogens (tertiary/aromatic N) is 1. The van der Waals surface area contributed by atoms with Gasteiger partial charge in [-0.15, -0.1) is 0 Å². The first kappa shape index (κ1) is 16.5. The normalized spacial score (nSPS) is 11.8. The summed E-state index contributed by atoms with van der Waals surface area (Å²) in [7, 11) is 0. The molecule has 5 heteroatoms. The van der Waals surface area contributed by atoms with E-state index in [1.807, 2.05) is 30.3 Å². The number of ether oxygens (including phenoxy) is 1. The average molecular weight is 363 g/mol. The van der Waals surface area contributed by atoms with Gasteiger partial charge in [0.1, 0.15) is 11.6 Å². The minimum atomic E-state index is -0.235. The zero-order valence-corrected chi connectivity index (χ0v) is 14.3. The molecular formula is C17H19BrN2O2. The lowest BCUT2D eigenvalue weighted by Crippen LogP contribution is -2.20. The van der Waals surface area contributed by atoms with E-state index in [1.165, 1.54) is 5.56 Å². The van der Waals surface area contributed by atoms with Crippen molar-refractivity contribution in [1.29, 1.82) is 0 Å². The van der Waals surface area contributed by atoms with Gasteiger partial charge in [-0.05, 0) is 58.1 Å². The van der Waals surface area contributed by atoms with Crippen molar-refractivity contribution in [3.05, 3.63) is 52.6 Å². The van der Waals surface area contributed by atoms with Gasteiger partial charge in [0.05, 0.1) is 0 Å². The van der Waals surface area contributed by atoms with Crippen molar-refractivity contribution in [1.82, 2.24) is 4.98 Å². The lowest BCUT2D eigenvalue weighted by Gasteiger charge is -2.10. The zero-order chi connectivity index (χ0) is 15.9. The summed E-state index contributed by atoms with van der Waals surface area (Å²) < 4.78 is 6.35. The molecule has 0 fully saturated rings. The van der Waals surface area contributed by atoms with Crippen molar-refractivity contribution in [3.8, 4) is 5.75 Å². The van der Waals surface area contributed by atoms with E-state index in [0.29, 0.717) is 17.5 Å². The van der Waals surface area contributed by atoms with E-state index < -0.39 is 0 Å². The Morgan fingerprint density at radius 3 is 2.59 bits per heavy atom. The van der Waals surface area contributed by atoms with Crippen LogP contribution < -0.4 is 10.1 Å². The summed E-state index contributed by atoms with van der Waals surface area (Å²) in [5, 5.41) is 2.68. The van der Waals surface area contributed by atoms with E-state index in [4.69, 9.17) is 4.74 Å². The van der Waals surface area contributed by atoms with Crippen LogP contribution in [0.15, 0.2) is 47.1 Å². The van der Waals surface area contributed by atoms with Crippen LogP contribution in [0.4, 0.5) is 5.82 Å². The first-order chi connectivity index (χ1) is 10.6. The highest BCUT2D eigenvalue weighted by Crippen LogP contribution is 2.21. The Balaban J connectivity index is 1.84. The van der Waals surface area contributed by atoms with Gasteiger partial charge in [-0.25, -0.2) is 4.98 Å². The van der Waals surface area contributed by atoms with Crippen LogP contribution in [-0.4, -0.2) is 17.5 Å². The molecule has 0 saturated heterocycles. The highest BCUT2D eigenvalue weighted by atomic mass is 79.9. The number of aromatic nitrogens is 1. The van der Waals surface area contributed by atoms with Gasteiger partial charge >= 0.3 is 0 Å². The first-order valence-electron chi connectivity index (χ1n) is 7.22. The van der Waals surface area contributed by atoms with E-state index in [2.05, 4.69) is 40.1 Å². The third-order valence-corrected chi connectivity index (χ3v) is 3.90. The van der Waals surface area contributed by atoms with Gasteiger partial charge in [-0.2, -0.15) is 0 Å². The number of anilines is 1. The third-order valence-electron chi connectivity index (χ3n) is 3.43. The van der Waals surface area contributed by atoms with Gasteiger partial charge in [0, 0.05) is 10.7 Å². The minimum absolute atomic E-state index is 0.0412. The van der Waals surface area contributed by atoms with Crippen molar-refractivity contribution in [3.63, 3.8) is 0 Å². The van der Waals surface area contributed by atoms with Crippen LogP contribution in [0.3, 0.4) is 0 Å². The molecule has 1 aromatic carbocycles. The molecule has 22 heavy (non-hydrogen) atoms. The number of hydrogen-bond acceptors (Lipinski definition) is 3. The summed E-state index contributed by atoms with van der Waals surface area (Å²) in [5.74, 6) is 1.48. The van der Waals surface area contributed by atoms with E-state index in [1.54, 1.807) is 12.3 Å². The van der Waals surface area contributed by atoms with Crippen molar-refractivity contribution in [2.45, 2.75) is 26.2 Å². The predicted molar refractivity (Wildman–Crippen MR) is 91.2 cm³/mol. The second kappa shape index (κ2) is 7.94. The Morgan fingerprint density at radius 1 is 1.27 bits per heavy atom. The van der Waals surface area contributed by atoms with E-state index in [9.17, 15) is 4.79 Å². The molecule has 0 bridgehead atoms. The minimum Gasteiger partial charge on any atom is -0.484 e. The molecule has 1 unspecified atom stereocenters. The number of halogens is 1. The summed E-state index contributed by atoms with van der Waals surface area (Å²) >= 11 is 3.29. The van der Waals surface area contributed by atoms with Gasteiger partial charge in [0.2, 0.25) is 0 Å². The summed E-state index contributed by atoms with van der Waals surface area (Å²) in [4.78, 5) is 15.9. The lowest BCUT2D eigenvalue weighted by molar-refractivity contribution is -0.118. The highest BCUT2D eigenvalue weighted by Gasteiger charge is 2.06. The quantitative estimate of drug-likeness (QED) is 0.829. The van der Waals surface area contributed by atoms with Gasteiger partial charge in [0.15, 0.2) is 6.61 Å². The predicted octanol–water partition coefficient (Wildman–Crippen LogP) is 4.38. The lowest BCUT2D eigenvalue weighted by atomic mass is 9.99. The standard InChI is InChI=1S/C17H19BrN2O2/c1-3-12(2)13-4-7-15(8-5-13)22-11-17(21)20-16-9-6-14(18)10-19-16/h4-10,12H,3,11H2,1-2H3,(H,19,20,21). The number of nitrogens with one attached hydrogen (secondary N) is 1. The largest absolute Gasteiger partial charge is 0.484 e. The number of carbonyl (C=O) groups is 1. The summed E-state index contributed by atoms with van der Waals surface area (Å²) in [6.45, 7) is 4.31. The van der Waals surface area contributed by atoms with Gasteiger partial charge in [0.25, 0.3) is 5.91 Å². The SMILES string of the molecule is CCC(C)c1ccc(OCC(=O)Nc2ccc(Br)cn2)cc1. The molecule has 1 amide bonds. The van der Waals surface area contributed by atoms with Crippen LogP contribution in [-0.2, 0) is 4.79 Å². The van der Waals surface area contributed by atoms with Crippen molar-refractivity contribution in [2.75, 3.05) is 11.9 Å². The van der Waals surface area contributed by atoms with Crippen LogP contribution >= 0.6 is 15.9 Å². The van der Waals surface area contributed by atoms with E-state index in [0.717, 1.165) is 10.9 Å². The molecule has 0 aliphatic heterocycles. The molecule has 1 N–H and O–H groups in total. The Hall–Kier alpha value is -1.88. The molecule has 0 aliphatic rings. The number of pyridine rings is 1. The van der Waals surface area contributed by atoms with Crippen molar-refractivity contribution < 1.29 is 9.53 Å². The maximum atomic E-state index is 11.8. The number of benzene rings is 1. The maximum Gasteiger partial charge on any atom is 0.263 e. The molecule has 0 saturated carbocycles. The van der Waals surface area contributed by atoms with Crippen LogP contribution in [0.5, 0.6) is 5.75 Å². The average Bonchev–Trinajstić information content (AvgIpc) is 2.55. The number of rotatable bonds is 6. The van der Waals surface area contributed by atoms with E-state index >= 15 is 0 Å². The van der Waals surface area contributed by atoms with Crippen LogP contribution in [0, 0.1) is 0 Å². The molecule has 0 radical (unpaired) electrons. The molecular weight excluding hydrogens is 344 g/mol. The molecule has 0 spiro atoms. The summed E-state index contributed by atoms with van der Waals surface area (Å²) in [6.07, 6.45) is 2.73. The summed E-state index contributed by atoms with van der Waals surface area (Å²) in [6, 6.07) is 11.4. The molecule has 2 rings (SSSR count). The molecule has 0 aliphatic carbocycles. The van der Waals surface area contributed by atoms with Gasteiger partial charge in [-0.1, -0.05) is 26.0 Å². The Kier molecular flexibility index (Phi) is 5.95. The zero-order valence-electron chi connectivity index (χ0n) is 12.7. The van der Waals surface area contributed by atoms with Crippen molar-refractivity contribution >= 4 is 27.7 Å². The third kappa shape index (κ3) is 4.84. The van der Waals surface area contributed by atoms with Crippen LogP contribution in [0.1, 0.15) is 31.7 Å².